The second-order valence-corrected chi connectivity index (χ2v) is 6.69. The maximum absolute atomic E-state index is 13.3. The van der Waals surface area contributed by atoms with Crippen LogP contribution in [0.15, 0.2) is 82.3 Å². The van der Waals surface area contributed by atoms with Gasteiger partial charge in [0.15, 0.2) is 5.58 Å². The zero-order chi connectivity index (χ0) is 19.1. The highest BCUT2D eigenvalue weighted by atomic mass is 16.3. The molecule has 0 spiro atoms. The van der Waals surface area contributed by atoms with Crippen molar-refractivity contribution in [1.29, 1.82) is 0 Å². The minimum Gasteiger partial charge on any atom is -0.508 e. The van der Waals surface area contributed by atoms with E-state index < -0.39 is 0 Å². The maximum atomic E-state index is 13.3. The van der Waals surface area contributed by atoms with Crippen LogP contribution >= 0.6 is 0 Å². The molecule has 3 aromatic heterocycles. The van der Waals surface area contributed by atoms with Gasteiger partial charge in [-0.2, -0.15) is 0 Å². The van der Waals surface area contributed by atoms with Crippen LogP contribution in [-0.2, 0) is 6.42 Å². The Hall–Kier alpha value is -3.86. The molecule has 0 aliphatic heterocycles. The molecule has 5 nitrogen and oxygen atoms in total. The number of H-pyrrole nitrogens is 1. The number of fused-ring (bicyclic) bond motifs is 2. The number of phenolic OH excluding ortho intramolecular Hbond substituents is 1. The van der Waals surface area contributed by atoms with E-state index in [-0.39, 0.29) is 11.2 Å². The molecule has 0 bridgehead atoms. The molecule has 3 heterocycles. The molecule has 28 heavy (non-hydrogen) atoms. The van der Waals surface area contributed by atoms with Gasteiger partial charge in [0, 0.05) is 24.4 Å². The topological polar surface area (TPSA) is 79.1 Å². The molecule has 5 rings (SSSR count). The predicted molar refractivity (Wildman–Crippen MR) is 108 cm³/mol. The maximum Gasteiger partial charge on any atom is 0.202 e. The number of pyridine rings is 1. The number of para-hydroxylation sites is 1. The van der Waals surface area contributed by atoms with E-state index in [9.17, 15) is 9.90 Å². The Kier molecular flexibility index (Phi) is 3.72. The van der Waals surface area contributed by atoms with Crippen LogP contribution in [0.5, 0.6) is 5.75 Å². The van der Waals surface area contributed by atoms with Crippen LogP contribution in [0, 0.1) is 0 Å². The fourth-order valence-corrected chi connectivity index (χ4v) is 3.53. The van der Waals surface area contributed by atoms with E-state index in [1.54, 1.807) is 36.7 Å². The van der Waals surface area contributed by atoms with Crippen LogP contribution in [0.1, 0.15) is 11.3 Å². The number of aromatic amines is 1. The number of nitrogens with zero attached hydrogens (tertiary/aromatic N) is 1. The monoisotopic (exact) mass is 368 g/mol. The quantitative estimate of drug-likeness (QED) is 0.486. The summed E-state index contributed by atoms with van der Waals surface area (Å²) in [7, 11) is 0. The molecule has 0 fully saturated rings. The lowest BCUT2D eigenvalue weighted by Crippen LogP contribution is -2.02. The number of hydrogen-bond acceptors (Lipinski definition) is 4. The van der Waals surface area contributed by atoms with E-state index in [0.717, 1.165) is 22.5 Å². The predicted octanol–water partition coefficient (Wildman–Crippen LogP) is 4.63. The number of nitrogens with one attached hydrogen (secondary N) is 1. The Morgan fingerprint density at radius 1 is 0.964 bits per heavy atom. The van der Waals surface area contributed by atoms with Gasteiger partial charge in [-0.05, 0) is 42.0 Å². The summed E-state index contributed by atoms with van der Waals surface area (Å²) < 4.78 is 6.16. The molecular formula is C23H16N2O3. The molecule has 0 aliphatic carbocycles. The first-order valence-corrected chi connectivity index (χ1v) is 8.95. The van der Waals surface area contributed by atoms with E-state index >= 15 is 0 Å². The van der Waals surface area contributed by atoms with Crippen molar-refractivity contribution in [2.45, 2.75) is 6.42 Å². The first-order chi connectivity index (χ1) is 13.7. The SMILES string of the molecule is O=c1c2ccccc2oc2c(Cc3ccc(O)cc3)[nH]c(-c3ccncc3)c12. The second-order valence-electron chi connectivity index (χ2n) is 6.69. The van der Waals surface area contributed by atoms with Crippen LogP contribution in [0.25, 0.3) is 33.2 Å². The highest BCUT2D eigenvalue weighted by Gasteiger charge is 2.19. The molecule has 2 N–H and O–H groups in total. The Labute approximate surface area is 159 Å². The van der Waals surface area contributed by atoms with E-state index in [1.807, 2.05) is 36.4 Å². The van der Waals surface area contributed by atoms with Gasteiger partial charge in [-0.1, -0.05) is 24.3 Å². The lowest BCUT2D eigenvalue weighted by molar-refractivity contribution is 0.475. The molecule has 0 aliphatic rings. The summed E-state index contributed by atoms with van der Waals surface area (Å²) in [5.74, 6) is 0.218. The van der Waals surface area contributed by atoms with Crippen molar-refractivity contribution in [3.63, 3.8) is 0 Å². The van der Waals surface area contributed by atoms with Gasteiger partial charge in [-0.3, -0.25) is 9.78 Å². The first-order valence-electron chi connectivity index (χ1n) is 8.95. The van der Waals surface area contributed by atoms with E-state index in [2.05, 4.69) is 9.97 Å². The number of phenols is 1. The Morgan fingerprint density at radius 2 is 1.71 bits per heavy atom. The van der Waals surface area contributed by atoms with Gasteiger partial charge in [0.05, 0.1) is 22.2 Å². The number of aromatic hydroxyl groups is 1. The average molecular weight is 368 g/mol. The molecule has 0 atom stereocenters. The molecule has 5 aromatic rings. The first kappa shape index (κ1) is 16.3. The third-order valence-electron chi connectivity index (χ3n) is 4.88. The molecule has 0 saturated carbocycles. The van der Waals surface area contributed by atoms with Crippen molar-refractivity contribution in [3.8, 4) is 17.0 Å². The van der Waals surface area contributed by atoms with E-state index in [0.29, 0.717) is 28.4 Å². The number of benzene rings is 2. The van der Waals surface area contributed by atoms with Gasteiger partial charge < -0.3 is 14.5 Å². The summed E-state index contributed by atoms with van der Waals surface area (Å²) in [6.07, 6.45) is 3.94. The summed E-state index contributed by atoms with van der Waals surface area (Å²) in [5.41, 5.74) is 4.48. The van der Waals surface area contributed by atoms with Crippen LogP contribution in [0.4, 0.5) is 0 Å². The van der Waals surface area contributed by atoms with Crippen molar-refractivity contribution >= 4 is 21.9 Å². The Bertz CT molecular complexity index is 1350. The zero-order valence-electron chi connectivity index (χ0n) is 14.8. The smallest absolute Gasteiger partial charge is 0.202 e. The molecule has 2 aromatic carbocycles. The summed E-state index contributed by atoms with van der Waals surface area (Å²) >= 11 is 0. The Balaban J connectivity index is 1.80. The van der Waals surface area contributed by atoms with E-state index in [4.69, 9.17) is 4.42 Å². The largest absolute Gasteiger partial charge is 0.508 e. The van der Waals surface area contributed by atoms with E-state index in [1.165, 1.54) is 0 Å². The summed E-state index contributed by atoms with van der Waals surface area (Å²) in [6, 6.07) is 18.0. The fraction of sp³-hybridized carbons (Fsp3) is 0.0435. The number of rotatable bonds is 3. The van der Waals surface area contributed by atoms with Gasteiger partial charge in [-0.25, -0.2) is 0 Å². The van der Waals surface area contributed by atoms with Crippen LogP contribution in [0.2, 0.25) is 0 Å². The van der Waals surface area contributed by atoms with Crippen molar-refractivity contribution in [3.05, 3.63) is 94.5 Å². The van der Waals surface area contributed by atoms with Crippen LogP contribution in [0.3, 0.4) is 0 Å². The van der Waals surface area contributed by atoms with Crippen molar-refractivity contribution in [2.24, 2.45) is 0 Å². The lowest BCUT2D eigenvalue weighted by atomic mass is 10.1. The van der Waals surface area contributed by atoms with Gasteiger partial charge in [0.1, 0.15) is 11.3 Å². The minimum absolute atomic E-state index is 0.0585. The van der Waals surface area contributed by atoms with Gasteiger partial charge in [0.2, 0.25) is 5.43 Å². The molecule has 0 amide bonds. The second kappa shape index (κ2) is 6.39. The zero-order valence-corrected chi connectivity index (χ0v) is 14.8. The molecule has 0 radical (unpaired) electrons. The van der Waals surface area contributed by atoms with Crippen molar-refractivity contribution in [1.82, 2.24) is 9.97 Å². The number of aromatic nitrogens is 2. The van der Waals surface area contributed by atoms with Crippen LogP contribution in [-0.4, -0.2) is 15.1 Å². The highest BCUT2D eigenvalue weighted by molar-refractivity contribution is 5.99. The summed E-state index contributed by atoms with van der Waals surface area (Å²) in [4.78, 5) is 20.7. The third-order valence-corrected chi connectivity index (χ3v) is 4.88. The molecule has 0 saturated heterocycles. The summed E-state index contributed by atoms with van der Waals surface area (Å²) in [6.45, 7) is 0. The minimum atomic E-state index is -0.0585. The normalized spacial score (nSPS) is 11.3. The molecule has 5 heteroatoms. The Morgan fingerprint density at radius 3 is 2.50 bits per heavy atom. The van der Waals surface area contributed by atoms with Crippen molar-refractivity contribution in [2.75, 3.05) is 0 Å². The summed E-state index contributed by atoms with van der Waals surface area (Å²) in [5, 5.41) is 10.6. The fourth-order valence-electron chi connectivity index (χ4n) is 3.53. The average Bonchev–Trinajstić information content (AvgIpc) is 3.09. The third kappa shape index (κ3) is 2.65. The van der Waals surface area contributed by atoms with Crippen LogP contribution < -0.4 is 5.43 Å². The standard InChI is InChI=1S/C23H16N2O3/c26-16-7-5-14(6-8-16)13-18-23-20(21(25-18)15-9-11-24-12-10-15)22(27)17-3-1-2-4-19(17)28-23/h1-12,25-26H,13H2. The molecule has 0 unspecified atom stereocenters. The van der Waals surface area contributed by atoms with Gasteiger partial charge in [-0.15, -0.1) is 0 Å². The molecular weight excluding hydrogens is 352 g/mol. The van der Waals surface area contributed by atoms with Gasteiger partial charge in [0.25, 0.3) is 0 Å². The van der Waals surface area contributed by atoms with Crippen molar-refractivity contribution < 1.29 is 9.52 Å². The number of hydrogen-bond donors (Lipinski definition) is 2. The molecule has 136 valence electrons. The highest BCUT2D eigenvalue weighted by Crippen LogP contribution is 2.32. The van der Waals surface area contributed by atoms with Gasteiger partial charge >= 0.3 is 0 Å². The lowest BCUT2D eigenvalue weighted by Gasteiger charge is -2.02.